The number of hydrogen-bond acceptors (Lipinski definition) is 3. The minimum absolute atomic E-state index is 0.0447. The Morgan fingerprint density at radius 2 is 2.05 bits per heavy atom. The van der Waals surface area contributed by atoms with Crippen LogP contribution in [0.1, 0.15) is 42.5 Å². The molecule has 6 heteroatoms. The summed E-state index contributed by atoms with van der Waals surface area (Å²) in [6.45, 7) is 0.292. The number of amides is 1. The number of carbonyl (C=O) groups excluding carboxylic acids is 1. The van der Waals surface area contributed by atoms with Crippen molar-refractivity contribution in [2.45, 2.75) is 38.1 Å². The average molecular weight is 317 g/mol. The van der Waals surface area contributed by atoms with Crippen LogP contribution in [-0.2, 0) is 0 Å². The maximum atomic E-state index is 12.6. The van der Waals surface area contributed by atoms with Crippen molar-refractivity contribution in [1.82, 2.24) is 9.88 Å². The third kappa shape index (κ3) is 3.62. The van der Waals surface area contributed by atoms with Crippen molar-refractivity contribution in [2.24, 2.45) is 0 Å². The van der Waals surface area contributed by atoms with Crippen LogP contribution in [-0.4, -0.2) is 40.1 Å². The van der Waals surface area contributed by atoms with Gasteiger partial charge in [-0.1, -0.05) is 42.5 Å². The summed E-state index contributed by atoms with van der Waals surface area (Å²) in [5.41, 5.74) is 0.415. The third-order valence-corrected chi connectivity index (χ3v) is 4.35. The predicted molar refractivity (Wildman–Crippen MR) is 79.3 cm³/mol. The average Bonchev–Trinajstić information content (AvgIpc) is 2.48. The zero-order valence-electron chi connectivity index (χ0n) is 11.2. The first-order chi connectivity index (χ1) is 9.63. The van der Waals surface area contributed by atoms with Gasteiger partial charge in [0.2, 0.25) is 0 Å². The second-order valence-electron chi connectivity index (χ2n) is 5.01. The minimum Gasteiger partial charge on any atom is -0.395 e. The highest BCUT2D eigenvalue weighted by Gasteiger charge is 2.26. The van der Waals surface area contributed by atoms with Crippen molar-refractivity contribution >= 4 is 29.1 Å². The Labute approximate surface area is 128 Å². The van der Waals surface area contributed by atoms with Crippen LogP contribution in [0.25, 0.3) is 0 Å². The fourth-order valence-electron chi connectivity index (χ4n) is 2.65. The van der Waals surface area contributed by atoms with E-state index in [9.17, 15) is 9.90 Å². The summed E-state index contributed by atoms with van der Waals surface area (Å²) in [6, 6.07) is 1.73. The molecule has 1 aliphatic carbocycles. The molecular formula is C14H18Cl2N2O2. The van der Waals surface area contributed by atoms with E-state index in [0.29, 0.717) is 12.1 Å². The number of carbonyl (C=O) groups is 1. The summed E-state index contributed by atoms with van der Waals surface area (Å²) in [7, 11) is 0. The highest BCUT2D eigenvalue weighted by atomic mass is 35.5. The molecule has 0 radical (unpaired) electrons. The number of pyridine rings is 1. The minimum atomic E-state index is -0.142. The lowest BCUT2D eigenvalue weighted by Gasteiger charge is -2.34. The standard InChI is InChI=1S/C14H18Cl2N2O2/c15-12-8-10(9-17-13(12)16)14(20)18(6-7-19)11-4-2-1-3-5-11/h8-9,11,19H,1-7H2. The molecule has 2 rings (SSSR count). The number of halogens is 2. The van der Waals surface area contributed by atoms with Crippen molar-refractivity contribution in [3.8, 4) is 0 Å². The maximum Gasteiger partial charge on any atom is 0.255 e. The number of aromatic nitrogens is 1. The van der Waals surface area contributed by atoms with Gasteiger partial charge in [-0.05, 0) is 18.9 Å². The molecule has 1 aromatic rings. The van der Waals surface area contributed by atoms with Crippen LogP contribution in [0.2, 0.25) is 10.2 Å². The van der Waals surface area contributed by atoms with Crippen LogP contribution in [0.15, 0.2) is 12.3 Å². The van der Waals surface area contributed by atoms with E-state index in [1.165, 1.54) is 18.7 Å². The van der Waals surface area contributed by atoms with Crippen LogP contribution in [0, 0.1) is 0 Å². The first-order valence-corrected chi connectivity index (χ1v) is 7.62. The second kappa shape index (κ2) is 7.25. The molecule has 1 aliphatic rings. The predicted octanol–water partition coefficient (Wildman–Crippen LogP) is 3.16. The normalized spacial score (nSPS) is 16.1. The van der Waals surface area contributed by atoms with Gasteiger partial charge in [-0.15, -0.1) is 0 Å². The van der Waals surface area contributed by atoms with Gasteiger partial charge in [-0.2, -0.15) is 0 Å². The van der Waals surface area contributed by atoms with Crippen molar-refractivity contribution in [3.63, 3.8) is 0 Å². The molecule has 0 bridgehead atoms. The quantitative estimate of drug-likeness (QED) is 0.868. The Morgan fingerprint density at radius 1 is 1.35 bits per heavy atom. The molecule has 0 aromatic carbocycles. The highest BCUT2D eigenvalue weighted by Crippen LogP contribution is 2.25. The Balaban J connectivity index is 2.18. The van der Waals surface area contributed by atoms with Gasteiger partial charge in [0, 0.05) is 18.8 Å². The lowest BCUT2D eigenvalue weighted by Crippen LogP contribution is -2.43. The molecular weight excluding hydrogens is 299 g/mol. The lowest BCUT2D eigenvalue weighted by atomic mass is 9.94. The van der Waals surface area contributed by atoms with Crippen molar-refractivity contribution in [3.05, 3.63) is 28.0 Å². The van der Waals surface area contributed by atoms with E-state index < -0.39 is 0 Å². The Morgan fingerprint density at radius 3 is 2.65 bits per heavy atom. The molecule has 4 nitrogen and oxygen atoms in total. The molecule has 1 N–H and O–H groups in total. The van der Waals surface area contributed by atoms with E-state index in [1.54, 1.807) is 4.90 Å². The smallest absolute Gasteiger partial charge is 0.255 e. The molecule has 1 saturated carbocycles. The number of rotatable bonds is 4. The summed E-state index contributed by atoms with van der Waals surface area (Å²) < 4.78 is 0. The van der Waals surface area contributed by atoms with E-state index in [4.69, 9.17) is 23.2 Å². The first-order valence-electron chi connectivity index (χ1n) is 6.86. The SMILES string of the molecule is O=C(c1cnc(Cl)c(Cl)c1)N(CCO)C1CCCCC1. The van der Waals surface area contributed by atoms with Gasteiger partial charge in [-0.3, -0.25) is 4.79 Å². The number of nitrogens with zero attached hydrogens (tertiary/aromatic N) is 2. The van der Waals surface area contributed by atoms with Gasteiger partial charge in [0.25, 0.3) is 5.91 Å². The molecule has 1 fully saturated rings. The van der Waals surface area contributed by atoms with E-state index >= 15 is 0 Å². The van der Waals surface area contributed by atoms with E-state index in [2.05, 4.69) is 4.98 Å². The van der Waals surface area contributed by atoms with Crippen LogP contribution >= 0.6 is 23.2 Å². The molecule has 1 amide bonds. The molecule has 110 valence electrons. The van der Waals surface area contributed by atoms with E-state index in [1.807, 2.05) is 0 Å². The van der Waals surface area contributed by atoms with Crippen LogP contribution in [0.4, 0.5) is 0 Å². The lowest BCUT2D eigenvalue weighted by molar-refractivity contribution is 0.0585. The summed E-state index contributed by atoms with van der Waals surface area (Å²) >= 11 is 11.7. The summed E-state index contributed by atoms with van der Waals surface area (Å²) in [6.07, 6.45) is 6.87. The van der Waals surface area contributed by atoms with Gasteiger partial charge in [0.05, 0.1) is 17.2 Å². The van der Waals surface area contributed by atoms with Gasteiger partial charge < -0.3 is 10.0 Å². The van der Waals surface area contributed by atoms with Gasteiger partial charge in [-0.25, -0.2) is 4.98 Å². The third-order valence-electron chi connectivity index (χ3n) is 3.66. The molecule has 0 saturated heterocycles. The molecule has 20 heavy (non-hydrogen) atoms. The number of aliphatic hydroxyl groups excluding tert-OH is 1. The summed E-state index contributed by atoms with van der Waals surface area (Å²) in [4.78, 5) is 18.2. The van der Waals surface area contributed by atoms with E-state index in [-0.39, 0.29) is 28.7 Å². The highest BCUT2D eigenvalue weighted by molar-refractivity contribution is 6.41. The van der Waals surface area contributed by atoms with E-state index in [0.717, 1.165) is 25.7 Å². The molecule has 0 atom stereocenters. The fourth-order valence-corrected chi connectivity index (χ4v) is 2.92. The van der Waals surface area contributed by atoms with Crippen molar-refractivity contribution in [1.29, 1.82) is 0 Å². The molecule has 0 unspecified atom stereocenters. The van der Waals surface area contributed by atoms with Crippen LogP contribution in [0.3, 0.4) is 0 Å². The molecule has 1 aromatic heterocycles. The molecule has 0 aliphatic heterocycles. The number of aliphatic hydroxyl groups is 1. The summed E-state index contributed by atoms with van der Waals surface area (Å²) in [5.74, 6) is -0.142. The van der Waals surface area contributed by atoms with Gasteiger partial charge in [0.1, 0.15) is 5.15 Å². The van der Waals surface area contributed by atoms with Crippen molar-refractivity contribution in [2.75, 3.05) is 13.2 Å². The Kier molecular flexibility index (Phi) is 5.64. The fraction of sp³-hybridized carbons (Fsp3) is 0.571. The second-order valence-corrected chi connectivity index (χ2v) is 5.78. The molecule has 1 heterocycles. The maximum absolute atomic E-state index is 12.6. The van der Waals surface area contributed by atoms with Crippen molar-refractivity contribution < 1.29 is 9.90 Å². The van der Waals surface area contributed by atoms with Crippen LogP contribution < -0.4 is 0 Å². The largest absolute Gasteiger partial charge is 0.395 e. The topological polar surface area (TPSA) is 53.4 Å². The zero-order valence-corrected chi connectivity index (χ0v) is 12.7. The summed E-state index contributed by atoms with van der Waals surface area (Å²) in [5, 5.41) is 9.66. The Hall–Kier alpha value is -0.840. The van der Waals surface area contributed by atoms with Gasteiger partial charge in [0.15, 0.2) is 0 Å². The first kappa shape index (κ1) is 15.5. The monoisotopic (exact) mass is 316 g/mol. The zero-order chi connectivity index (χ0) is 14.5. The van der Waals surface area contributed by atoms with Gasteiger partial charge >= 0.3 is 0 Å². The Bertz CT molecular complexity index is 476. The number of hydrogen-bond donors (Lipinski definition) is 1. The van der Waals surface area contributed by atoms with Crippen LogP contribution in [0.5, 0.6) is 0 Å². The molecule has 0 spiro atoms.